The lowest BCUT2D eigenvalue weighted by Gasteiger charge is -2.35. The van der Waals surface area contributed by atoms with Gasteiger partial charge in [-0.05, 0) is 32.1 Å². The normalized spacial score (nSPS) is 16.6. The van der Waals surface area contributed by atoms with Gasteiger partial charge in [0.05, 0.1) is 11.8 Å². The van der Waals surface area contributed by atoms with Crippen molar-refractivity contribution in [3.8, 4) is 17.0 Å². The summed E-state index contributed by atoms with van der Waals surface area (Å²) in [6.45, 7) is 0.601. The van der Waals surface area contributed by atoms with E-state index in [2.05, 4.69) is 10.3 Å². The first-order valence-electron chi connectivity index (χ1n) is 12.8. The van der Waals surface area contributed by atoms with Gasteiger partial charge in [0, 0.05) is 50.3 Å². The van der Waals surface area contributed by atoms with Crippen molar-refractivity contribution in [3.05, 3.63) is 48.2 Å². The molecule has 0 radical (unpaired) electrons. The number of amides is 3. The Labute approximate surface area is 220 Å². The molecule has 202 valence electrons. The number of piperazine rings is 1. The summed E-state index contributed by atoms with van der Waals surface area (Å²) in [4.78, 5) is 56.2. The molecule has 1 aliphatic carbocycles. The molecular weight excluding hydrogens is 492 g/mol. The standard InChI is InChI=1S/C27H32N4O7/c32-24(33)11-10-21(26(35)30-12-14-31(15-13-30)27(36)37)29-25(34)23-17-20(38-19-8-4-5-9-19)16-22(28-23)18-6-2-1-3-7-18/h1-3,6-7,16-17,19,21H,4-5,8-15H2,(H,29,34)(H,32,33)(H,36,37)/t21-/m0/s1. The zero-order chi connectivity index (χ0) is 27.1. The number of aliphatic carboxylic acids is 1. The minimum absolute atomic E-state index is 0.0585. The van der Waals surface area contributed by atoms with E-state index in [4.69, 9.17) is 9.84 Å². The average molecular weight is 525 g/mol. The van der Waals surface area contributed by atoms with Gasteiger partial charge in [0.15, 0.2) is 0 Å². The third-order valence-corrected chi connectivity index (χ3v) is 6.82. The summed E-state index contributed by atoms with van der Waals surface area (Å²) >= 11 is 0. The maximum atomic E-state index is 13.4. The third kappa shape index (κ3) is 6.99. The summed E-state index contributed by atoms with van der Waals surface area (Å²) in [6, 6.07) is 11.6. The van der Waals surface area contributed by atoms with Crippen molar-refractivity contribution in [2.45, 2.75) is 50.7 Å². The highest BCUT2D eigenvalue weighted by Crippen LogP contribution is 2.28. The number of hydrogen-bond donors (Lipinski definition) is 3. The van der Waals surface area contributed by atoms with Gasteiger partial charge in [0.25, 0.3) is 5.91 Å². The zero-order valence-electron chi connectivity index (χ0n) is 21.0. The van der Waals surface area contributed by atoms with Crippen LogP contribution in [0.25, 0.3) is 11.3 Å². The number of pyridine rings is 1. The van der Waals surface area contributed by atoms with Crippen LogP contribution < -0.4 is 10.1 Å². The van der Waals surface area contributed by atoms with E-state index >= 15 is 0 Å². The molecule has 2 aliphatic rings. The molecule has 0 spiro atoms. The first-order valence-corrected chi connectivity index (χ1v) is 12.8. The van der Waals surface area contributed by atoms with Gasteiger partial charge in [0.1, 0.15) is 17.5 Å². The van der Waals surface area contributed by atoms with E-state index in [1.165, 1.54) is 9.80 Å². The van der Waals surface area contributed by atoms with Crippen molar-refractivity contribution >= 4 is 23.9 Å². The third-order valence-electron chi connectivity index (χ3n) is 6.82. The Bertz CT molecular complexity index is 1160. The minimum Gasteiger partial charge on any atom is -0.490 e. The predicted molar refractivity (Wildman–Crippen MR) is 137 cm³/mol. The molecular formula is C27H32N4O7. The summed E-state index contributed by atoms with van der Waals surface area (Å²) in [6.07, 6.45) is 2.61. The average Bonchev–Trinajstić information content (AvgIpc) is 3.43. The van der Waals surface area contributed by atoms with Gasteiger partial charge in [-0.25, -0.2) is 9.78 Å². The Kier molecular flexibility index (Phi) is 8.77. The number of carbonyl (C=O) groups excluding carboxylic acids is 2. The summed E-state index contributed by atoms with van der Waals surface area (Å²) in [7, 11) is 0. The maximum Gasteiger partial charge on any atom is 0.407 e. The van der Waals surface area contributed by atoms with Crippen LogP contribution in [-0.4, -0.2) is 87.2 Å². The fraction of sp³-hybridized carbons (Fsp3) is 0.444. The SMILES string of the molecule is O=C(O)CC[C@H](NC(=O)c1cc(OC2CCCC2)cc(-c2ccccc2)n1)C(=O)N1CCN(C(=O)O)CC1. The van der Waals surface area contributed by atoms with Gasteiger partial charge in [-0.2, -0.15) is 0 Å². The summed E-state index contributed by atoms with van der Waals surface area (Å²) < 4.78 is 6.16. The largest absolute Gasteiger partial charge is 0.490 e. The molecule has 11 heteroatoms. The molecule has 1 saturated carbocycles. The highest BCUT2D eigenvalue weighted by atomic mass is 16.5. The number of hydrogen-bond acceptors (Lipinski definition) is 6. The number of nitrogens with zero attached hydrogens (tertiary/aromatic N) is 3. The fourth-order valence-corrected chi connectivity index (χ4v) is 4.74. The van der Waals surface area contributed by atoms with Gasteiger partial charge in [0.2, 0.25) is 5.91 Å². The first-order chi connectivity index (χ1) is 18.3. The van der Waals surface area contributed by atoms with Gasteiger partial charge in [-0.3, -0.25) is 14.4 Å². The molecule has 1 aromatic carbocycles. The highest BCUT2D eigenvalue weighted by molar-refractivity contribution is 5.97. The summed E-state index contributed by atoms with van der Waals surface area (Å²) in [5.41, 5.74) is 1.40. The quantitative estimate of drug-likeness (QED) is 0.453. The molecule has 1 saturated heterocycles. The Morgan fingerprint density at radius 1 is 0.974 bits per heavy atom. The second-order valence-corrected chi connectivity index (χ2v) is 9.52. The van der Waals surface area contributed by atoms with Gasteiger partial charge in [-0.15, -0.1) is 0 Å². The van der Waals surface area contributed by atoms with E-state index in [1.54, 1.807) is 12.1 Å². The number of rotatable bonds is 9. The molecule has 2 fully saturated rings. The monoisotopic (exact) mass is 524 g/mol. The van der Waals surface area contributed by atoms with Crippen molar-refractivity contribution in [2.24, 2.45) is 0 Å². The molecule has 0 unspecified atom stereocenters. The van der Waals surface area contributed by atoms with E-state index < -0.39 is 29.9 Å². The van der Waals surface area contributed by atoms with Crippen molar-refractivity contribution < 1.29 is 34.1 Å². The van der Waals surface area contributed by atoms with Gasteiger partial charge >= 0.3 is 12.1 Å². The number of carboxylic acids is 1. The lowest BCUT2D eigenvalue weighted by atomic mass is 10.1. The van der Waals surface area contributed by atoms with E-state index in [1.807, 2.05) is 30.3 Å². The van der Waals surface area contributed by atoms with Crippen LogP contribution in [0.4, 0.5) is 4.79 Å². The molecule has 11 nitrogen and oxygen atoms in total. The molecule has 2 aromatic rings. The first kappa shape index (κ1) is 26.9. The second-order valence-electron chi connectivity index (χ2n) is 9.52. The molecule has 3 amide bonds. The molecule has 1 atom stereocenters. The van der Waals surface area contributed by atoms with E-state index in [0.717, 1.165) is 31.2 Å². The lowest BCUT2D eigenvalue weighted by molar-refractivity contribution is -0.138. The Hall–Kier alpha value is -4.15. The lowest BCUT2D eigenvalue weighted by Crippen LogP contribution is -2.55. The zero-order valence-corrected chi connectivity index (χ0v) is 21.0. The van der Waals surface area contributed by atoms with E-state index in [0.29, 0.717) is 11.4 Å². The number of nitrogens with one attached hydrogen (secondary N) is 1. The summed E-state index contributed by atoms with van der Waals surface area (Å²) in [5, 5.41) is 21.0. The Morgan fingerprint density at radius 2 is 1.63 bits per heavy atom. The fourth-order valence-electron chi connectivity index (χ4n) is 4.74. The van der Waals surface area contributed by atoms with E-state index in [-0.39, 0.29) is 50.8 Å². The predicted octanol–water partition coefficient (Wildman–Crippen LogP) is 2.86. The number of carbonyl (C=O) groups is 4. The van der Waals surface area contributed by atoms with E-state index in [9.17, 15) is 24.3 Å². The maximum absolute atomic E-state index is 13.4. The minimum atomic E-state index is -1.10. The molecule has 3 N–H and O–H groups in total. The van der Waals surface area contributed by atoms with Crippen LogP contribution >= 0.6 is 0 Å². The van der Waals surface area contributed by atoms with Crippen LogP contribution in [0.1, 0.15) is 49.0 Å². The molecule has 1 aliphatic heterocycles. The van der Waals surface area contributed by atoms with Crippen LogP contribution in [-0.2, 0) is 9.59 Å². The molecule has 2 heterocycles. The smallest absolute Gasteiger partial charge is 0.407 e. The Morgan fingerprint density at radius 3 is 2.26 bits per heavy atom. The van der Waals surface area contributed by atoms with Crippen LogP contribution in [0.2, 0.25) is 0 Å². The van der Waals surface area contributed by atoms with Crippen molar-refractivity contribution in [1.82, 2.24) is 20.1 Å². The van der Waals surface area contributed by atoms with Gasteiger partial charge < -0.3 is 30.1 Å². The molecule has 38 heavy (non-hydrogen) atoms. The second kappa shape index (κ2) is 12.4. The van der Waals surface area contributed by atoms with Crippen LogP contribution in [0, 0.1) is 0 Å². The van der Waals surface area contributed by atoms with Gasteiger partial charge in [-0.1, -0.05) is 30.3 Å². The van der Waals surface area contributed by atoms with Crippen molar-refractivity contribution in [1.29, 1.82) is 0 Å². The van der Waals surface area contributed by atoms with Crippen molar-refractivity contribution in [2.75, 3.05) is 26.2 Å². The topological polar surface area (TPSA) is 149 Å². The number of carboxylic acid groups (broad SMARTS) is 2. The van der Waals surface area contributed by atoms with Crippen molar-refractivity contribution in [3.63, 3.8) is 0 Å². The van der Waals surface area contributed by atoms with Crippen LogP contribution in [0.15, 0.2) is 42.5 Å². The molecule has 0 bridgehead atoms. The van der Waals surface area contributed by atoms with Crippen LogP contribution in [0.5, 0.6) is 5.75 Å². The number of benzene rings is 1. The molecule has 4 rings (SSSR count). The highest BCUT2D eigenvalue weighted by Gasteiger charge is 2.31. The van der Waals surface area contributed by atoms with Crippen LogP contribution in [0.3, 0.4) is 0 Å². The summed E-state index contributed by atoms with van der Waals surface area (Å²) in [5.74, 6) is -1.66. The Balaban J connectivity index is 1.55. The number of ether oxygens (including phenoxy) is 1. The molecule has 1 aromatic heterocycles. The number of aromatic nitrogens is 1.